The smallest absolute Gasteiger partial charge is 0.161 e. The summed E-state index contributed by atoms with van der Waals surface area (Å²) in [5.41, 5.74) is 7.32. The summed E-state index contributed by atoms with van der Waals surface area (Å²) < 4.78 is 1.75. The van der Waals surface area contributed by atoms with Crippen LogP contribution in [0.3, 0.4) is 0 Å². The van der Waals surface area contributed by atoms with Gasteiger partial charge in [0, 0.05) is 43.0 Å². The van der Waals surface area contributed by atoms with E-state index in [1.54, 1.807) is 29.5 Å². The van der Waals surface area contributed by atoms with Crippen molar-refractivity contribution in [2.24, 2.45) is 7.05 Å². The highest BCUT2D eigenvalue weighted by molar-refractivity contribution is 5.94. The molecule has 6 rings (SSSR count). The van der Waals surface area contributed by atoms with E-state index < -0.39 is 0 Å². The van der Waals surface area contributed by atoms with E-state index in [-0.39, 0.29) is 0 Å². The van der Waals surface area contributed by atoms with Crippen LogP contribution in [0.5, 0.6) is 0 Å². The molecule has 0 atom stereocenters. The summed E-state index contributed by atoms with van der Waals surface area (Å²) in [5, 5.41) is 11.7. The Morgan fingerprint density at radius 2 is 1.80 bits per heavy atom. The van der Waals surface area contributed by atoms with Crippen molar-refractivity contribution in [2.45, 2.75) is 0 Å². The molecule has 0 spiro atoms. The Morgan fingerprint density at radius 3 is 2.63 bits per heavy atom. The standard InChI is InChI=1S/C21H15N9/c1-30-11-13(10-24-30)14-4-5-16-19(25-14)20(29-28-16)21-26-15-6-8-23-17(18(15)27-21)12-3-2-7-22-9-12/h2-11H,1H3,(H,26,27)(H,28,29). The number of H-pyrrole nitrogens is 2. The Balaban J connectivity index is 1.52. The lowest BCUT2D eigenvalue weighted by atomic mass is 10.1. The number of rotatable bonds is 3. The summed E-state index contributed by atoms with van der Waals surface area (Å²) >= 11 is 0. The predicted octanol–water partition coefficient (Wildman–Crippen LogP) is 3.36. The first kappa shape index (κ1) is 16.5. The van der Waals surface area contributed by atoms with E-state index >= 15 is 0 Å². The number of hydrogen-bond donors (Lipinski definition) is 2. The number of pyridine rings is 3. The highest BCUT2D eigenvalue weighted by Gasteiger charge is 2.17. The van der Waals surface area contributed by atoms with Crippen LogP contribution in [0, 0.1) is 0 Å². The van der Waals surface area contributed by atoms with Crippen LogP contribution in [0.1, 0.15) is 0 Å². The van der Waals surface area contributed by atoms with Crippen molar-refractivity contribution in [3.63, 3.8) is 0 Å². The minimum absolute atomic E-state index is 0.630. The maximum absolute atomic E-state index is 4.81. The Hall–Kier alpha value is -4.40. The highest BCUT2D eigenvalue weighted by atomic mass is 15.2. The summed E-state index contributed by atoms with van der Waals surface area (Å²) in [4.78, 5) is 21.7. The maximum atomic E-state index is 4.81. The van der Waals surface area contributed by atoms with Crippen LogP contribution in [0.4, 0.5) is 0 Å². The molecule has 0 aliphatic carbocycles. The van der Waals surface area contributed by atoms with E-state index in [9.17, 15) is 0 Å². The third-order valence-corrected chi connectivity index (χ3v) is 4.97. The van der Waals surface area contributed by atoms with Gasteiger partial charge < -0.3 is 4.98 Å². The SMILES string of the molecule is Cn1cc(-c2ccc3[nH]nc(-c4nc5c(-c6cccnc6)nccc5[nH]4)c3n2)cn1. The first-order chi connectivity index (χ1) is 14.8. The van der Waals surface area contributed by atoms with Gasteiger partial charge in [-0.05, 0) is 30.3 Å². The number of nitrogens with one attached hydrogen (secondary N) is 2. The van der Waals surface area contributed by atoms with E-state index in [4.69, 9.17) is 9.97 Å². The normalized spacial score (nSPS) is 11.5. The van der Waals surface area contributed by atoms with Gasteiger partial charge in [0.1, 0.15) is 11.0 Å². The summed E-state index contributed by atoms with van der Waals surface area (Å²) in [6, 6.07) is 9.66. The molecule has 0 aliphatic rings. The van der Waals surface area contributed by atoms with Crippen LogP contribution >= 0.6 is 0 Å². The van der Waals surface area contributed by atoms with Crippen molar-refractivity contribution >= 4 is 22.1 Å². The fourth-order valence-corrected chi connectivity index (χ4v) is 3.54. The largest absolute Gasteiger partial charge is 0.336 e. The van der Waals surface area contributed by atoms with Crippen LogP contribution < -0.4 is 0 Å². The monoisotopic (exact) mass is 393 g/mol. The van der Waals surface area contributed by atoms with Crippen LogP contribution in [-0.2, 0) is 7.05 Å². The second-order valence-corrected chi connectivity index (χ2v) is 6.95. The van der Waals surface area contributed by atoms with Gasteiger partial charge in [-0.3, -0.25) is 19.7 Å². The zero-order chi connectivity index (χ0) is 20.1. The lowest BCUT2D eigenvalue weighted by Crippen LogP contribution is -1.87. The second-order valence-electron chi connectivity index (χ2n) is 6.95. The van der Waals surface area contributed by atoms with Crippen molar-refractivity contribution in [1.82, 2.24) is 44.9 Å². The molecule has 6 aromatic rings. The van der Waals surface area contributed by atoms with Gasteiger partial charge in [0.25, 0.3) is 0 Å². The van der Waals surface area contributed by atoms with Crippen LogP contribution in [0.15, 0.2) is 61.3 Å². The number of imidazole rings is 1. The molecule has 0 aromatic carbocycles. The number of aromatic nitrogens is 9. The molecule has 0 bridgehead atoms. The number of hydrogen-bond acceptors (Lipinski definition) is 6. The maximum Gasteiger partial charge on any atom is 0.161 e. The third kappa shape index (κ3) is 2.56. The summed E-state index contributed by atoms with van der Waals surface area (Å²) in [6.07, 6.45) is 9.00. The average Bonchev–Trinajstić information content (AvgIpc) is 3.50. The lowest BCUT2D eigenvalue weighted by molar-refractivity contribution is 0.768. The fraction of sp³-hybridized carbons (Fsp3) is 0.0476. The van der Waals surface area contributed by atoms with Crippen molar-refractivity contribution in [2.75, 3.05) is 0 Å². The molecule has 9 nitrogen and oxygen atoms in total. The minimum atomic E-state index is 0.630. The van der Waals surface area contributed by atoms with E-state index in [1.807, 2.05) is 43.6 Å². The van der Waals surface area contributed by atoms with E-state index in [0.717, 1.165) is 44.6 Å². The molecule has 0 radical (unpaired) electrons. The van der Waals surface area contributed by atoms with Gasteiger partial charge >= 0.3 is 0 Å². The molecule has 9 heteroatoms. The van der Waals surface area contributed by atoms with E-state index in [2.05, 4.69) is 30.2 Å². The lowest BCUT2D eigenvalue weighted by Gasteiger charge is -1.99. The number of aryl methyl sites for hydroxylation is 1. The summed E-state index contributed by atoms with van der Waals surface area (Å²) in [7, 11) is 1.88. The highest BCUT2D eigenvalue weighted by Crippen LogP contribution is 2.30. The topological polar surface area (TPSA) is 114 Å². The molecule has 6 heterocycles. The molecular weight excluding hydrogens is 378 g/mol. The summed E-state index contributed by atoms with van der Waals surface area (Å²) in [5.74, 6) is 0.630. The van der Waals surface area contributed by atoms with Gasteiger partial charge in [0.05, 0.1) is 28.6 Å². The molecule has 2 N–H and O–H groups in total. The molecule has 30 heavy (non-hydrogen) atoms. The number of fused-ring (bicyclic) bond motifs is 2. The zero-order valence-corrected chi connectivity index (χ0v) is 15.9. The molecule has 0 saturated carbocycles. The number of aromatic amines is 2. The molecule has 0 unspecified atom stereocenters. The van der Waals surface area contributed by atoms with Crippen LogP contribution in [0.2, 0.25) is 0 Å². The van der Waals surface area contributed by atoms with Crippen LogP contribution in [0.25, 0.3) is 56.1 Å². The molecule has 0 fully saturated rings. The molecule has 144 valence electrons. The van der Waals surface area contributed by atoms with Crippen molar-refractivity contribution in [3.05, 3.63) is 61.3 Å². The predicted molar refractivity (Wildman–Crippen MR) is 112 cm³/mol. The molecule has 6 aromatic heterocycles. The Morgan fingerprint density at radius 1 is 0.867 bits per heavy atom. The first-order valence-corrected chi connectivity index (χ1v) is 9.36. The Labute approximate surface area is 169 Å². The van der Waals surface area contributed by atoms with Crippen molar-refractivity contribution in [3.8, 4) is 34.0 Å². The second kappa shape index (κ2) is 6.31. The van der Waals surface area contributed by atoms with Gasteiger partial charge in [-0.1, -0.05) is 0 Å². The van der Waals surface area contributed by atoms with Gasteiger partial charge in [0.2, 0.25) is 0 Å². The molecule has 0 amide bonds. The van der Waals surface area contributed by atoms with Crippen molar-refractivity contribution < 1.29 is 0 Å². The van der Waals surface area contributed by atoms with Gasteiger partial charge in [-0.15, -0.1) is 0 Å². The number of nitrogens with zero attached hydrogens (tertiary/aromatic N) is 7. The first-order valence-electron chi connectivity index (χ1n) is 9.36. The van der Waals surface area contributed by atoms with Gasteiger partial charge in [0.15, 0.2) is 11.5 Å². The van der Waals surface area contributed by atoms with E-state index in [1.165, 1.54) is 0 Å². The average molecular weight is 393 g/mol. The van der Waals surface area contributed by atoms with Gasteiger partial charge in [-0.25, -0.2) is 9.97 Å². The van der Waals surface area contributed by atoms with E-state index in [0.29, 0.717) is 11.5 Å². The minimum Gasteiger partial charge on any atom is -0.336 e. The van der Waals surface area contributed by atoms with Gasteiger partial charge in [-0.2, -0.15) is 10.2 Å². The molecule has 0 saturated heterocycles. The Kier molecular flexibility index (Phi) is 3.48. The fourth-order valence-electron chi connectivity index (χ4n) is 3.54. The van der Waals surface area contributed by atoms with Crippen LogP contribution in [-0.4, -0.2) is 44.9 Å². The Bertz CT molecular complexity index is 1510. The summed E-state index contributed by atoms with van der Waals surface area (Å²) in [6.45, 7) is 0. The third-order valence-electron chi connectivity index (χ3n) is 4.97. The quantitative estimate of drug-likeness (QED) is 0.477. The van der Waals surface area contributed by atoms with Crippen molar-refractivity contribution in [1.29, 1.82) is 0 Å². The molecule has 0 aliphatic heterocycles. The molecular formula is C21H15N9. The zero-order valence-electron chi connectivity index (χ0n) is 15.9.